The molecule has 0 N–H and O–H groups in total. The Bertz CT molecular complexity index is 1290. The van der Waals surface area contributed by atoms with Crippen LogP contribution in [-0.2, 0) is 19.3 Å². The Balaban J connectivity index is 1.36. The van der Waals surface area contributed by atoms with Crippen molar-refractivity contribution in [1.29, 1.82) is 0 Å². The summed E-state index contributed by atoms with van der Waals surface area (Å²) in [4.78, 5) is 2.10. The van der Waals surface area contributed by atoms with Gasteiger partial charge in [-0.05, 0) is 135 Å². The predicted molar refractivity (Wildman–Crippen MR) is 126 cm³/mol. The first-order valence-electron chi connectivity index (χ1n) is 10.1. The lowest BCUT2D eigenvalue weighted by Crippen LogP contribution is -1.86. The average Bonchev–Trinajstić information content (AvgIpc) is 3.33. The molecule has 0 aliphatic heterocycles. The molecule has 0 heterocycles. The fourth-order valence-electron chi connectivity index (χ4n) is 5.56. The number of thiol groups is 2. The molecule has 0 radical (unpaired) electrons. The van der Waals surface area contributed by atoms with E-state index in [1.807, 2.05) is 0 Å². The molecule has 3 aliphatic carbocycles. The zero-order chi connectivity index (χ0) is 19.3. The molecule has 0 spiro atoms. The van der Waals surface area contributed by atoms with Gasteiger partial charge in [-0.3, -0.25) is 0 Å². The average molecular weight is 407 g/mol. The Hall–Kier alpha value is -2.42. The predicted octanol–water partition coefficient (Wildman–Crippen LogP) is 6.98. The maximum atomic E-state index is 4.53. The summed E-state index contributed by atoms with van der Waals surface area (Å²) in [6.07, 6.45) is 3.07. The van der Waals surface area contributed by atoms with Gasteiger partial charge in [-0.25, -0.2) is 0 Å². The minimum Gasteiger partial charge on any atom is -0.143 e. The molecule has 3 aliphatic rings. The first kappa shape index (κ1) is 16.4. The monoisotopic (exact) mass is 406 g/mol. The molecule has 0 saturated carbocycles. The molecule has 4 aromatic rings. The van der Waals surface area contributed by atoms with E-state index in [2.05, 4.69) is 85.9 Å². The topological polar surface area (TPSA) is 0 Å². The lowest BCUT2D eigenvalue weighted by atomic mass is 9.96. The van der Waals surface area contributed by atoms with Crippen molar-refractivity contribution in [2.45, 2.75) is 29.1 Å². The van der Waals surface area contributed by atoms with E-state index in [0.29, 0.717) is 0 Å². The van der Waals surface area contributed by atoms with Crippen LogP contribution in [0.25, 0.3) is 33.4 Å². The highest BCUT2D eigenvalue weighted by Gasteiger charge is 2.28. The van der Waals surface area contributed by atoms with Gasteiger partial charge in [-0.15, -0.1) is 25.3 Å². The summed E-state index contributed by atoms with van der Waals surface area (Å²) in [6.45, 7) is 0. The Kier molecular flexibility index (Phi) is 3.16. The van der Waals surface area contributed by atoms with Gasteiger partial charge >= 0.3 is 0 Å². The smallest absolute Gasteiger partial charge is 0.00432 e. The summed E-state index contributed by atoms with van der Waals surface area (Å²) in [5.41, 5.74) is 17.1. The minimum absolute atomic E-state index is 1.02. The summed E-state index contributed by atoms with van der Waals surface area (Å²) in [7, 11) is 0. The Morgan fingerprint density at radius 3 is 1.07 bits per heavy atom. The van der Waals surface area contributed by atoms with Crippen LogP contribution in [0.5, 0.6) is 0 Å². The van der Waals surface area contributed by atoms with Crippen molar-refractivity contribution in [3.8, 4) is 33.4 Å². The fraction of sp³-hybridized carbons (Fsp3) is 0.111. The molecule has 0 amide bonds. The number of hydrogen-bond acceptors (Lipinski definition) is 2. The van der Waals surface area contributed by atoms with Crippen LogP contribution < -0.4 is 0 Å². The summed E-state index contributed by atoms with van der Waals surface area (Å²) >= 11 is 9.06. The van der Waals surface area contributed by atoms with Gasteiger partial charge in [0.1, 0.15) is 0 Å². The molecule has 29 heavy (non-hydrogen) atoms. The number of benzene rings is 4. The van der Waals surface area contributed by atoms with Gasteiger partial charge in [0, 0.05) is 9.79 Å². The SMILES string of the molecule is Sc1ccc2c(c1)Cc1cc3c(cc1-2)Cc1cc2c(cc1-3)Cc1cc(S)ccc1-2. The maximum Gasteiger partial charge on any atom is 0.00432 e. The normalized spacial score (nSPS) is 14.1. The molecule has 0 unspecified atom stereocenters. The highest BCUT2D eigenvalue weighted by atomic mass is 32.1. The second-order valence-electron chi connectivity index (χ2n) is 8.55. The van der Waals surface area contributed by atoms with Gasteiger partial charge in [-0.2, -0.15) is 0 Å². The van der Waals surface area contributed by atoms with E-state index in [1.54, 1.807) is 0 Å². The van der Waals surface area contributed by atoms with Crippen molar-refractivity contribution in [2.24, 2.45) is 0 Å². The Morgan fingerprint density at radius 2 is 0.690 bits per heavy atom. The van der Waals surface area contributed by atoms with E-state index in [-0.39, 0.29) is 0 Å². The van der Waals surface area contributed by atoms with Crippen molar-refractivity contribution >= 4 is 25.3 Å². The maximum absolute atomic E-state index is 4.53. The van der Waals surface area contributed by atoms with Crippen LogP contribution in [0.15, 0.2) is 70.5 Å². The third-order valence-corrected chi connectivity index (χ3v) is 7.41. The highest BCUT2D eigenvalue weighted by molar-refractivity contribution is 7.80. The molecule has 0 atom stereocenters. The van der Waals surface area contributed by atoms with Crippen LogP contribution in [0.2, 0.25) is 0 Å². The van der Waals surface area contributed by atoms with E-state index in [9.17, 15) is 0 Å². The first-order valence-corrected chi connectivity index (χ1v) is 11.0. The summed E-state index contributed by atoms with van der Waals surface area (Å²) < 4.78 is 0. The van der Waals surface area contributed by atoms with E-state index in [1.165, 1.54) is 66.8 Å². The van der Waals surface area contributed by atoms with Crippen LogP contribution in [0.3, 0.4) is 0 Å². The molecular weight excluding hydrogens is 388 g/mol. The molecular formula is C27H18S2. The van der Waals surface area contributed by atoms with Crippen LogP contribution >= 0.6 is 25.3 Å². The van der Waals surface area contributed by atoms with Crippen molar-refractivity contribution in [2.75, 3.05) is 0 Å². The van der Waals surface area contributed by atoms with Crippen molar-refractivity contribution in [3.05, 3.63) is 94.0 Å². The van der Waals surface area contributed by atoms with Crippen LogP contribution in [0, 0.1) is 0 Å². The second-order valence-corrected chi connectivity index (χ2v) is 9.58. The number of rotatable bonds is 0. The van der Waals surface area contributed by atoms with Crippen molar-refractivity contribution < 1.29 is 0 Å². The van der Waals surface area contributed by atoms with Crippen LogP contribution in [0.4, 0.5) is 0 Å². The third-order valence-electron chi connectivity index (χ3n) is 6.85. The van der Waals surface area contributed by atoms with E-state index >= 15 is 0 Å². The number of fused-ring (bicyclic) bond motifs is 9. The lowest BCUT2D eigenvalue weighted by molar-refractivity contribution is 1.22. The highest BCUT2D eigenvalue weighted by Crippen LogP contribution is 2.48. The molecule has 2 heteroatoms. The van der Waals surface area contributed by atoms with Gasteiger partial charge in [0.25, 0.3) is 0 Å². The third kappa shape index (κ3) is 2.25. The van der Waals surface area contributed by atoms with Crippen LogP contribution in [-0.4, -0.2) is 0 Å². The van der Waals surface area contributed by atoms with E-state index in [4.69, 9.17) is 0 Å². The molecule has 7 rings (SSSR count). The summed E-state index contributed by atoms with van der Waals surface area (Å²) in [5.74, 6) is 0. The summed E-state index contributed by atoms with van der Waals surface area (Å²) in [5, 5.41) is 0. The van der Waals surface area contributed by atoms with E-state index < -0.39 is 0 Å². The fourth-order valence-corrected chi connectivity index (χ4v) is 6.02. The zero-order valence-corrected chi connectivity index (χ0v) is 17.6. The molecule has 0 fully saturated rings. The Morgan fingerprint density at radius 1 is 0.379 bits per heavy atom. The molecule has 4 aromatic carbocycles. The van der Waals surface area contributed by atoms with Crippen molar-refractivity contribution in [3.63, 3.8) is 0 Å². The molecule has 138 valence electrons. The molecule has 0 nitrogen and oxygen atoms in total. The van der Waals surface area contributed by atoms with Crippen molar-refractivity contribution in [1.82, 2.24) is 0 Å². The quantitative estimate of drug-likeness (QED) is 0.249. The summed E-state index contributed by atoms with van der Waals surface area (Å²) in [6, 6.07) is 22.9. The van der Waals surface area contributed by atoms with Gasteiger partial charge in [0.15, 0.2) is 0 Å². The van der Waals surface area contributed by atoms with E-state index in [0.717, 1.165) is 29.1 Å². The Labute approximate surface area is 181 Å². The minimum atomic E-state index is 1.02. The standard InChI is InChI=1S/C27H18S2/c28-20-1-3-22-14(8-20)5-16-12-26-18(10-24(16)22)7-19-11-25-17(13-27(19)26)6-15-9-21(29)2-4-23(15)25/h1-4,8-13,28-29H,5-7H2. The first-order chi connectivity index (χ1) is 14.1. The zero-order valence-electron chi connectivity index (χ0n) is 15.8. The molecule has 0 bridgehead atoms. The second kappa shape index (κ2) is 5.59. The van der Waals surface area contributed by atoms with Crippen LogP contribution in [0.1, 0.15) is 33.4 Å². The number of hydrogen-bond donors (Lipinski definition) is 2. The van der Waals surface area contributed by atoms with Gasteiger partial charge < -0.3 is 0 Å². The molecule has 0 saturated heterocycles. The van der Waals surface area contributed by atoms with Gasteiger partial charge in [0.2, 0.25) is 0 Å². The van der Waals surface area contributed by atoms with Gasteiger partial charge in [-0.1, -0.05) is 12.1 Å². The lowest BCUT2D eigenvalue weighted by Gasteiger charge is -2.08. The molecule has 0 aromatic heterocycles. The van der Waals surface area contributed by atoms with Gasteiger partial charge in [0.05, 0.1) is 0 Å². The largest absolute Gasteiger partial charge is 0.143 e.